The van der Waals surface area contributed by atoms with Gasteiger partial charge in [-0.25, -0.2) is 8.42 Å². The maximum atomic E-state index is 14.5. The Morgan fingerprint density at radius 1 is 0.795 bits per heavy atom. The third kappa shape index (κ3) is 8.57. The van der Waals surface area contributed by atoms with Gasteiger partial charge >= 0.3 is 0 Å². The lowest BCUT2D eigenvalue weighted by atomic mass is 10.0. The number of anilines is 1. The van der Waals surface area contributed by atoms with Gasteiger partial charge < -0.3 is 10.2 Å². The van der Waals surface area contributed by atoms with Gasteiger partial charge in [0, 0.05) is 24.0 Å². The van der Waals surface area contributed by atoms with Crippen molar-refractivity contribution >= 4 is 43.5 Å². The highest BCUT2D eigenvalue weighted by atomic mass is 79.9. The number of nitrogens with zero attached hydrogens (tertiary/aromatic N) is 2. The Morgan fingerprint density at radius 3 is 2.00 bits per heavy atom. The lowest BCUT2D eigenvalue weighted by molar-refractivity contribution is -0.140. The van der Waals surface area contributed by atoms with E-state index in [9.17, 15) is 18.0 Å². The summed E-state index contributed by atoms with van der Waals surface area (Å²) in [5.41, 5.74) is 2.80. The number of carbonyl (C=O) groups excluding carboxylic acids is 2. The molecule has 7 nitrogen and oxygen atoms in total. The Labute approximate surface area is 269 Å². The van der Waals surface area contributed by atoms with Gasteiger partial charge in [0.15, 0.2) is 0 Å². The molecule has 230 valence electrons. The van der Waals surface area contributed by atoms with Crippen LogP contribution in [0.2, 0.25) is 0 Å². The van der Waals surface area contributed by atoms with E-state index < -0.39 is 28.5 Å². The van der Waals surface area contributed by atoms with Gasteiger partial charge in [-0.3, -0.25) is 13.9 Å². The van der Waals surface area contributed by atoms with E-state index in [0.29, 0.717) is 17.8 Å². The summed E-state index contributed by atoms with van der Waals surface area (Å²) in [5.74, 6) is -0.572. The molecule has 2 amide bonds. The van der Waals surface area contributed by atoms with Crippen molar-refractivity contribution in [3.05, 3.63) is 130 Å². The van der Waals surface area contributed by atoms with E-state index in [0.717, 1.165) is 19.9 Å². The summed E-state index contributed by atoms with van der Waals surface area (Å²) < 4.78 is 30.2. The zero-order chi connectivity index (χ0) is 31.7. The van der Waals surface area contributed by atoms with Crippen LogP contribution in [0.3, 0.4) is 0 Å². The van der Waals surface area contributed by atoms with Crippen molar-refractivity contribution in [2.24, 2.45) is 5.92 Å². The molecule has 4 aromatic carbocycles. The molecular formula is C35H38BrN3O4S. The molecule has 0 aromatic heterocycles. The molecule has 0 spiro atoms. The third-order valence-corrected chi connectivity index (χ3v) is 9.52. The molecule has 1 atom stereocenters. The third-order valence-electron chi connectivity index (χ3n) is 7.22. The van der Waals surface area contributed by atoms with E-state index in [2.05, 4.69) is 21.2 Å². The highest BCUT2D eigenvalue weighted by Gasteiger charge is 2.35. The fourth-order valence-electron chi connectivity index (χ4n) is 4.84. The minimum atomic E-state index is -4.13. The smallest absolute Gasteiger partial charge is 0.264 e. The summed E-state index contributed by atoms with van der Waals surface area (Å²) in [7, 11) is -4.13. The van der Waals surface area contributed by atoms with Crippen molar-refractivity contribution in [3.63, 3.8) is 0 Å². The van der Waals surface area contributed by atoms with Crippen molar-refractivity contribution in [2.45, 2.75) is 44.7 Å². The van der Waals surface area contributed by atoms with Crippen LogP contribution in [0.15, 0.2) is 119 Å². The highest BCUT2D eigenvalue weighted by molar-refractivity contribution is 9.10. The molecule has 0 aliphatic carbocycles. The van der Waals surface area contributed by atoms with Crippen molar-refractivity contribution in [2.75, 3.05) is 17.4 Å². The highest BCUT2D eigenvalue weighted by Crippen LogP contribution is 2.27. The molecule has 0 bridgehead atoms. The lowest BCUT2D eigenvalue weighted by Crippen LogP contribution is -2.53. The van der Waals surface area contributed by atoms with Crippen molar-refractivity contribution in [3.8, 4) is 0 Å². The predicted octanol–water partition coefficient (Wildman–Crippen LogP) is 6.37. The molecule has 9 heteroatoms. The second-order valence-corrected chi connectivity index (χ2v) is 13.9. The first-order chi connectivity index (χ1) is 21.1. The molecule has 0 saturated heterocycles. The molecule has 0 heterocycles. The van der Waals surface area contributed by atoms with Crippen LogP contribution in [0.1, 0.15) is 30.5 Å². The molecule has 0 radical (unpaired) electrons. The molecule has 1 N–H and O–H groups in total. The van der Waals surface area contributed by atoms with Gasteiger partial charge in [-0.05, 0) is 59.9 Å². The quantitative estimate of drug-likeness (QED) is 0.179. The van der Waals surface area contributed by atoms with Gasteiger partial charge in [0.05, 0.1) is 10.6 Å². The maximum absolute atomic E-state index is 14.5. The van der Waals surface area contributed by atoms with Crippen LogP contribution in [-0.4, -0.2) is 44.3 Å². The topological polar surface area (TPSA) is 86.8 Å². The zero-order valence-corrected chi connectivity index (χ0v) is 27.6. The number of amides is 2. The Morgan fingerprint density at radius 2 is 1.39 bits per heavy atom. The molecule has 0 unspecified atom stereocenters. The number of halogens is 1. The Kier molecular flexibility index (Phi) is 11.4. The number of carbonyl (C=O) groups is 2. The first-order valence-corrected chi connectivity index (χ1v) is 16.8. The number of rotatable bonds is 13. The lowest BCUT2D eigenvalue weighted by Gasteiger charge is -2.34. The van der Waals surface area contributed by atoms with Crippen LogP contribution in [0.5, 0.6) is 0 Å². The number of benzene rings is 4. The first kappa shape index (κ1) is 33.0. The Balaban J connectivity index is 1.79. The van der Waals surface area contributed by atoms with Gasteiger partial charge in [-0.15, -0.1) is 0 Å². The van der Waals surface area contributed by atoms with E-state index in [1.807, 2.05) is 87.5 Å². The SMILES string of the molecule is Cc1ccccc1N(CC(=O)N(Cc1ccc(Br)cc1)[C@@H](Cc1ccccc1)C(=O)NCC(C)C)S(=O)(=O)c1ccccc1. The summed E-state index contributed by atoms with van der Waals surface area (Å²) in [5, 5.41) is 3.01. The van der Waals surface area contributed by atoms with Crippen LogP contribution in [0.4, 0.5) is 5.69 Å². The molecule has 4 aromatic rings. The average Bonchev–Trinajstić information content (AvgIpc) is 3.02. The number of aryl methyl sites for hydroxylation is 1. The summed E-state index contributed by atoms with van der Waals surface area (Å²) in [6.45, 7) is 5.90. The van der Waals surface area contributed by atoms with Gasteiger partial charge in [0.1, 0.15) is 12.6 Å². The first-order valence-electron chi connectivity index (χ1n) is 14.5. The minimum Gasteiger partial charge on any atom is -0.354 e. The Bertz CT molecular complexity index is 1650. The number of hydrogen-bond donors (Lipinski definition) is 1. The number of sulfonamides is 1. The van der Waals surface area contributed by atoms with Crippen LogP contribution in [0, 0.1) is 12.8 Å². The van der Waals surface area contributed by atoms with E-state index in [-0.39, 0.29) is 29.7 Å². The largest absolute Gasteiger partial charge is 0.354 e. The molecule has 0 aliphatic heterocycles. The second-order valence-electron chi connectivity index (χ2n) is 11.1. The van der Waals surface area contributed by atoms with Gasteiger partial charge in [0.2, 0.25) is 11.8 Å². The van der Waals surface area contributed by atoms with Gasteiger partial charge in [-0.2, -0.15) is 0 Å². The Hall–Kier alpha value is -3.95. The van der Waals surface area contributed by atoms with Crippen molar-refractivity contribution in [1.82, 2.24) is 10.2 Å². The fraction of sp³-hybridized carbons (Fsp3) is 0.257. The van der Waals surface area contributed by atoms with Gasteiger partial charge in [-0.1, -0.05) is 109 Å². The number of para-hydroxylation sites is 1. The van der Waals surface area contributed by atoms with Gasteiger partial charge in [0.25, 0.3) is 10.0 Å². The predicted molar refractivity (Wildman–Crippen MR) is 179 cm³/mol. The molecule has 44 heavy (non-hydrogen) atoms. The summed E-state index contributed by atoms with van der Waals surface area (Å²) >= 11 is 3.46. The number of nitrogens with one attached hydrogen (secondary N) is 1. The molecule has 0 saturated carbocycles. The van der Waals surface area contributed by atoms with E-state index >= 15 is 0 Å². The monoisotopic (exact) mass is 675 g/mol. The van der Waals surface area contributed by atoms with Crippen LogP contribution in [0.25, 0.3) is 0 Å². The average molecular weight is 677 g/mol. The van der Waals surface area contributed by atoms with Crippen molar-refractivity contribution in [1.29, 1.82) is 0 Å². The maximum Gasteiger partial charge on any atom is 0.264 e. The standard InChI is InChI=1S/C35H38BrN3O4S/c1-26(2)23-37-35(41)33(22-28-13-6-4-7-14-28)38(24-29-18-20-30(36)21-19-29)34(40)25-39(32-17-11-10-12-27(32)3)44(42,43)31-15-8-5-9-16-31/h4-21,26,33H,22-25H2,1-3H3,(H,37,41)/t33-/m0/s1. The van der Waals surface area contributed by atoms with Crippen LogP contribution < -0.4 is 9.62 Å². The van der Waals surface area contributed by atoms with E-state index in [4.69, 9.17) is 0 Å². The molecular weight excluding hydrogens is 638 g/mol. The molecule has 4 rings (SSSR count). The van der Waals surface area contributed by atoms with E-state index in [1.54, 1.807) is 30.3 Å². The summed E-state index contributed by atoms with van der Waals surface area (Å²) in [6, 6.07) is 31.3. The summed E-state index contributed by atoms with van der Waals surface area (Å²) in [4.78, 5) is 29.9. The second kappa shape index (κ2) is 15.2. The zero-order valence-electron chi connectivity index (χ0n) is 25.2. The van der Waals surface area contributed by atoms with E-state index in [1.165, 1.54) is 17.0 Å². The minimum absolute atomic E-state index is 0.0750. The molecule has 0 aliphatic rings. The molecule has 0 fully saturated rings. The fourth-order valence-corrected chi connectivity index (χ4v) is 6.60. The van der Waals surface area contributed by atoms with Crippen LogP contribution >= 0.6 is 15.9 Å². The normalized spacial score (nSPS) is 12.0. The van der Waals surface area contributed by atoms with Crippen molar-refractivity contribution < 1.29 is 18.0 Å². The number of hydrogen-bond acceptors (Lipinski definition) is 4. The summed E-state index contributed by atoms with van der Waals surface area (Å²) in [6.07, 6.45) is 0.267. The van der Waals surface area contributed by atoms with Crippen LogP contribution in [-0.2, 0) is 32.6 Å².